The molecule has 0 N–H and O–H groups in total. The Morgan fingerprint density at radius 1 is 1.17 bits per heavy atom. The monoisotopic (exact) mass is 347 g/mol. The smallest absolute Gasteiger partial charge is 0.152 e. The Bertz CT molecular complexity index is 719. The van der Waals surface area contributed by atoms with Crippen molar-refractivity contribution in [3.05, 3.63) is 35.0 Å². The van der Waals surface area contributed by atoms with Crippen molar-refractivity contribution in [2.75, 3.05) is 46.1 Å². The van der Waals surface area contributed by atoms with E-state index in [2.05, 4.69) is 14.8 Å². The van der Waals surface area contributed by atoms with E-state index in [9.17, 15) is 0 Å². The highest BCUT2D eigenvalue weighted by Gasteiger charge is 2.21. The summed E-state index contributed by atoms with van der Waals surface area (Å²) in [5, 5.41) is 1.70. The maximum Gasteiger partial charge on any atom is 0.152 e. The average Bonchev–Trinajstić information content (AvgIpc) is 2.63. The van der Waals surface area contributed by atoms with E-state index in [1.54, 1.807) is 6.20 Å². The van der Waals surface area contributed by atoms with Gasteiger partial charge < -0.3 is 9.47 Å². The van der Waals surface area contributed by atoms with Crippen molar-refractivity contribution in [2.24, 2.45) is 0 Å². The summed E-state index contributed by atoms with van der Waals surface area (Å²) in [6.07, 6.45) is 2.93. The molecule has 1 saturated heterocycles. The lowest BCUT2D eigenvalue weighted by Gasteiger charge is -2.31. The zero-order chi connectivity index (χ0) is 16.4. The van der Waals surface area contributed by atoms with Crippen molar-refractivity contribution in [1.82, 2.24) is 14.8 Å². The molecule has 0 radical (unpaired) electrons. The molecular weight excluding hydrogens is 326 g/mol. The number of aromatic nitrogens is 1. The number of pyridine rings is 1. The molecule has 2 aromatic rings. The number of rotatable bonds is 4. The van der Waals surface area contributed by atoms with Crippen molar-refractivity contribution in [1.29, 1.82) is 0 Å². The van der Waals surface area contributed by atoms with Crippen LogP contribution >= 0.6 is 11.6 Å². The number of ether oxygens (including phenoxy) is 2. The molecule has 1 fully saturated rings. The maximum absolute atomic E-state index is 6.42. The van der Waals surface area contributed by atoms with E-state index >= 15 is 0 Å². The molecule has 3 heterocycles. The van der Waals surface area contributed by atoms with Crippen LogP contribution in [-0.4, -0.2) is 60.9 Å². The second-order valence-corrected chi connectivity index (χ2v) is 6.79. The fourth-order valence-electron chi connectivity index (χ4n) is 3.43. The van der Waals surface area contributed by atoms with Crippen LogP contribution in [0.5, 0.6) is 5.75 Å². The number of hydrogen-bond donors (Lipinski definition) is 0. The molecule has 1 aromatic heterocycles. The summed E-state index contributed by atoms with van der Waals surface area (Å²) in [5.74, 6) is 0.888. The molecule has 0 atom stereocenters. The number of benzene rings is 1. The molecule has 0 spiro atoms. The zero-order valence-electron chi connectivity index (χ0n) is 13.7. The van der Waals surface area contributed by atoms with E-state index in [1.165, 1.54) is 0 Å². The minimum Gasteiger partial charge on any atom is -0.475 e. The first kappa shape index (κ1) is 16.1. The Morgan fingerprint density at radius 3 is 2.88 bits per heavy atom. The highest BCUT2D eigenvalue weighted by molar-refractivity contribution is 6.35. The van der Waals surface area contributed by atoms with Crippen molar-refractivity contribution in [3.63, 3.8) is 0 Å². The van der Waals surface area contributed by atoms with Crippen molar-refractivity contribution < 1.29 is 9.47 Å². The summed E-state index contributed by atoms with van der Waals surface area (Å²) in [7, 11) is 0. The Hall–Kier alpha value is -1.40. The third-order valence-corrected chi connectivity index (χ3v) is 5.02. The van der Waals surface area contributed by atoms with Gasteiger partial charge in [0.05, 0.1) is 18.2 Å². The van der Waals surface area contributed by atoms with Gasteiger partial charge in [-0.25, -0.2) is 0 Å². The van der Waals surface area contributed by atoms with Gasteiger partial charge in [-0.3, -0.25) is 14.8 Å². The molecule has 0 aliphatic carbocycles. The van der Waals surface area contributed by atoms with Gasteiger partial charge in [0.2, 0.25) is 0 Å². The quantitative estimate of drug-likeness (QED) is 0.850. The lowest BCUT2D eigenvalue weighted by atomic mass is 10.1. The van der Waals surface area contributed by atoms with Crippen molar-refractivity contribution >= 4 is 22.5 Å². The van der Waals surface area contributed by atoms with Crippen molar-refractivity contribution in [2.45, 2.75) is 13.0 Å². The molecule has 5 nitrogen and oxygen atoms in total. The summed E-state index contributed by atoms with van der Waals surface area (Å²) in [6.45, 7) is 7.44. The van der Waals surface area contributed by atoms with E-state index in [4.69, 9.17) is 21.1 Å². The van der Waals surface area contributed by atoms with Gasteiger partial charge in [-0.15, -0.1) is 0 Å². The zero-order valence-corrected chi connectivity index (χ0v) is 14.5. The molecule has 4 rings (SSSR count). The van der Waals surface area contributed by atoms with Crippen LogP contribution in [0.15, 0.2) is 24.4 Å². The van der Waals surface area contributed by atoms with Gasteiger partial charge in [-0.2, -0.15) is 0 Å². The van der Waals surface area contributed by atoms with Gasteiger partial charge in [0.15, 0.2) is 5.75 Å². The molecule has 2 aliphatic rings. The normalized spacial score (nSPS) is 19.2. The van der Waals surface area contributed by atoms with Gasteiger partial charge in [-0.1, -0.05) is 11.6 Å². The van der Waals surface area contributed by atoms with E-state index in [0.717, 1.165) is 79.6 Å². The van der Waals surface area contributed by atoms with Crippen molar-refractivity contribution in [3.8, 4) is 5.75 Å². The molecule has 0 saturated carbocycles. The third kappa shape index (κ3) is 3.35. The maximum atomic E-state index is 6.42. The largest absolute Gasteiger partial charge is 0.475 e. The van der Waals surface area contributed by atoms with Crippen LogP contribution in [0, 0.1) is 0 Å². The van der Waals surface area contributed by atoms with E-state index in [-0.39, 0.29) is 0 Å². The molecular formula is C18H22ClN3O2. The average molecular weight is 348 g/mol. The van der Waals surface area contributed by atoms with E-state index in [1.807, 2.05) is 18.2 Å². The van der Waals surface area contributed by atoms with E-state index in [0.29, 0.717) is 6.73 Å². The SMILES string of the molecule is Clc1cc2c(c3ncccc13)OCN(CCCN1CCOCC1)C2. The highest BCUT2D eigenvalue weighted by Crippen LogP contribution is 2.36. The lowest BCUT2D eigenvalue weighted by Crippen LogP contribution is -2.39. The van der Waals surface area contributed by atoms with Crippen LogP contribution < -0.4 is 4.74 Å². The molecule has 24 heavy (non-hydrogen) atoms. The molecule has 0 unspecified atom stereocenters. The summed E-state index contributed by atoms with van der Waals surface area (Å²) >= 11 is 6.42. The van der Waals surface area contributed by atoms with Gasteiger partial charge in [-0.05, 0) is 31.2 Å². The van der Waals surface area contributed by atoms with Crippen LogP contribution in [0.4, 0.5) is 0 Å². The lowest BCUT2D eigenvalue weighted by molar-refractivity contribution is 0.0331. The first-order valence-electron chi connectivity index (χ1n) is 8.52. The summed E-state index contributed by atoms with van der Waals surface area (Å²) in [4.78, 5) is 9.25. The van der Waals surface area contributed by atoms with Crippen LogP contribution in [0.1, 0.15) is 12.0 Å². The Kier molecular flexibility index (Phi) is 4.85. The fraction of sp³-hybridized carbons (Fsp3) is 0.500. The Balaban J connectivity index is 1.40. The second kappa shape index (κ2) is 7.23. The first-order valence-corrected chi connectivity index (χ1v) is 8.90. The topological polar surface area (TPSA) is 37.8 Å². The fourth-order valence-corrected chi connectivity index (χ4v) is 3.72. The number of nitrogens with zero attached hydrogens (tertiary/aromatic N) is 3. The van der Waals surface area contributed by atoms with Crippen LogP contribution in [0.25, 0.3) is 10.9 Å². The molecule has 2 aliphatic heterocycles. The molecule has 0 amide bonds. The minimum atomic E-state index is 0.615. The van der Waals surface area contributed by atoms with E-state index < -0.39 is 0 Å². The summed E-state index contributed by atoms with van der Waals surface area (Å²) < 4.78 is 11.4. The minimum absolute atomic E-state index is 0.615. The van der Waals surface area contributed by atoms with Gasteiger partial charge in [0.25, 0.3) is 0 Å². The van der Waals surface area contributed by atoms with Crippen LogP contribution in [0.2, 0.25) is 5.02 Å². The summed E-state index contributed by atoms with van der Waals surface area (Å²) in [6, 6.07) is 5.92. The molecule has 0 bridgehead atoms. The van der Waals surface area contributed by atoms with Crippen LogP contribution in [-0.2, 0) is 11.3 Å². The number of hydrogen-bond acceptors (Lipinski definition) is 5. The predicted octanol–water partition coefficient (Wildman–Crippen LogP) is 2.76. The number of fused-ring (bicyclic) bond motifs is 3. The van der Waals surface area contributed by atoms with Gasteiger partial charge in [0, 0.05) is 43.3 Å². The Morgan fingerprint density at radius 2 is 2.00 bits per heavy atom. The number of morpholine rings is 1. The Labute approximate surface area is 147 Å². The molecule has 1 aromatic carbocycles. The van der Waals surface area contributed by atoms with Gasteiger partial charge in [0.1, 0.15) is 12.2 Å². The van der Waals surface area contributed by atoms with Crippen LogP contribution in [0.3, 0.4) is 0 Å². The van der Waals surface area contributed by atoms with Gasteiger partial charge >= 0.3 is 0 Å². The first-order chi connectivity index (χ1) is 11.8. The third-order valence-electron chi connectivity index (χ3n) is 4.71. The predicted molar refractivity (Wildman–Crippen MR) is 94.5 cm³/mol. The molecule has 6 heteroatoms. The number of halogens is 1. The standard InChI is InChI=1S/C18H22ClN3O2/c19-16-11-14-12-22(6-2-5-21-7-9-23-10-8-21)13-24-18(14)17-15(16)3-1-4-20-17/h1,3-4,11H,2,5-10,12-13H2. The highest BCUT2D eigenvalue weighted by atomic mass is 35.5. The summed E-state index contributed by atoms with van der Waals surface area (Å²) in [5.41, 5.74) is 2.00. The molecule has 128 valence electrons. The second-order valence-electron chi connectivity index (χ2n) is 6.38.